The van der Waals surface area contributed by atoms with Crippen molar-refractivity contribution in [1.82, 2.24) is 15.2 Å². The van der Waals surface area contributed by atoms with Crippen molar-refractivity contribution < 1.29 is 19.8 Å². The zero-order valence-electron chi connectivity index (χ0n) is 17.7. The fourth-order valence-corrected chi connectivity index (χ4v) is 4.60. The van der Waals surface area contributed by atoms with Crippen LogP contribution in [0.1, 0.15) is 41.0 Å². The van der Waals surface area contributed by atoms with Gasteiger partial charge in [-0.15, -0.1) is 0 Å². The minimum Gasteiger partial charge on any atom is -0.395 e. The van der Waals surface area contributed by atoms with Gasteiger partial charge in [-0.2, -0.15) is 0 Å². The Morgan fingerprint density at radius 2 is 2.03 bits per heavy atom. The Bertz CT molecular complexity index is 1150. The number of halogens is 1. The van der Waals surface area contributed by atoms with E-state index in [0.717, 1.165) is 22.0 Å². The monoisotopic (exact) mass is 455 g/mol. The molecule has 1 aliphatic rings. The van der Waals surface area contributed by atoms with E-state index < -0.39 is 24.1 Å². The van der Waals surface area contributed by atoms with Crippen LogP contribution < -0.4 is 5.32 Å². The van der Waals surface area contributed by atoms with Crippen molar-refractivity contribution in [3.63, 3.8) is 0 Å². The number of aliphatic hydroxyl groups excluding tert-OH is 2. The Hall–Kier alpha value is -2.87. The normalized spacial score (nSPS) is 18.4. The van der Waals surface area contributed by atoms with E-state index in [1.807, 2.05) is 30.3 Å². The summed E-state index contributed by atoms with van der Waals surface area (Å²) in [6, 6.07) is 13.9. The van der Waals surface area contributed by atoms with Gasteiger partial charge in [0.2, 0.25) is 0 Å². The number of nitrogens with one attached hydrogen (secondary N) is 2. The Morgan fingerprint density at radius 1 is 1.25 bits per heavy atom. The standard InChI is InChI=1S/C24H26ClN3O4/c1-2-21(30)24(32)28(9-10-29)22-17-6-4-3-5-14(17)12-19(22)27-23(31)20-13-15-11-16(25)7-8-18(15)26-20/h3-8,11,13,19,21-22,26,29-30H,2,9-10,12H2,1H3,(H,27,31)/t19-,21+,22+/m1/s1. The lowest BCUT2D eigenvalue weighted by molar-refractivity contribution is -0.144. The van der Waals surface area contributed by atoms with Gasteiger partial charge in [-0.1, -0.05) is 42.8 Å². The van der Waals surface area contributed by atoms with Gasteiger partial charge >= 0.3 is 0 Å². The number of carbonyl (C=O) groups is 2. The third kappa shape index (κ3) is 4.24. The molecule has 3 aromatic rings. The zero-order valence-corrected chi connectivity index (χ0v) is 18.5. The van der Waals surface area contributed by atoms with Gasteiger partial charge in [0.1, 0.15) is 11.8 Å². The van der Waals surface area contributed by atoms with Gasteiger partial charge in [-0.3, -0.25) is 9.59 Å². The van der Waals surface area contributed by atoms with Crippen LogP contribution in [0.25, 0.3) is 10.9 Å². The van der Waals surface area contributed by atoms with Crippen molar-refractivity contribution in [2.75, 3.05) is 13.2 Å². The highest BCUT2D eigenvalue weighted by atomic mass is 35.5. The number of hydrogen-bond donors (Lipinski definition) is 4. The van der Waals surface area contributed by atoms with Crippen molar-refractivity contribution in [1.29, 1.82) is 0 Å². The first-order valence-corrected chi connectivity index (χ1v) is 11.1. The Balaban J connectivity index is 1.65. The molecule has 0 radical (unpaired) electrons. The molecule has 2 amide bonds. The first-order valence-electron chi connectivity index (χ1n) is 10.7. The number of aromatic amines is 1. The molecule has 168 valence electrons. The van der Waals surface area contributed by atoms with E-state index in [4.69, 9.17) is 11.6 Å². The minimum atomic E-state index is -1.16. The zero-order chi connectivity index (χ0) is 22.8. The van der Waals surface area contributed by atoms with E-state index in [1.54, 1.807) is 25.1 Å². The van der Waals surface area contributed by atoms with Crippen molar-refractivity contribution in [3.8, 4) is 0 Å². The summed E-state index contributed by atoms with van der Waals surface area (Å²) in [5.74, 6) is -0.754. The molecule has 32 heavy (non-hydrogen) atoms. The van der Waals surface area contributed by atoms with Gasteiger partial charge in [0.25, 0.3) is 11.8 Å². The summed E-state index contributed by atoms with van der Waals surface area (Å²) in [5, 5.41) is 24.3. The summed E-state index contributed by atoms with van der Waals surface area (Å²) in [6.07, 6.45) is -0.357. The second-order valence-electron chi connectivity index (χ2n) is 8.02. The number of aromatic nitrogens is 1. The molecule has 0 fully saturated rings. The van der Waals surface area contributed by atoms with Gasteiger partial charge in [0.15, 0.2) is 0 Å². The highest BCUT2D eigenvalue weighted by Crippen LogP contribution is 2.36. The maximum Gasteiger partial charge on any atom is 0.268 e. The molecule has 8 heteroatoms. The largest absolute Gasteiger partial charge is 0.395 e. The number of rotatable bonds is 7. The average Bonchev–Trinajstić information content (AvgIpc) is 3.37. The van der Waals surface area contributed by atoms with Gasteiger partial charge in [-0.05, 0) is 48.2 Å². The first-order chi connectivity index (χ1) is 15.4. The third-order valence-electron chi connectivity index (χ3n) is 5.97. The molecule has 0 aliphatic heterocycles. The van der Waals surface area contributed by atoms with E-state index in [-0.39, 0.29) is 25.5 Å². The summed E-state index contributed by atoms with van der Waals surface area (Å²) in [6.45, 7) is 1.54. The molecule has 0 saturated carbocycles. The van der Waals surface area contributed by atoms with Gasteiger partial charge in [0.05, 0.1) is 18.7 Å². The van der Waals surface area contributed by atoms with E-state index >= 15 is 0 Å². The maximum atomic E-state index is 13.1. The lowest BCUT2D eigenvalue weighted by atomic mass is 10.0. The molecule has 0 spiro atoms. The van der Waals surface area contributed by atoms with Crippen LogP contribution in [0.15, 0.2) is 48.5 Å². The first kappa shape index (κ1) is 22.3. The summed E-state index contributed by atoms with van der Waals surface area (Å²) in [5.41, 5.74) is 3.12. The van der Waals surface area contributed by atoms with E-state index in [1.165, 1.54) is 4.90 Å². The molecule has 0 bridgehead atoms. The van der Waals surface area contributed by atoms with Crippen molar-refractivity contribution in [2.24, 2.45) is 0 Å². The lowest BCUT2D eigenvalue weighted by Gasteiger charge is -2.35. The summed E-state index contributed by atoms with van der Waals surface area (Å²) in [7, 11) is 0. The predicted molar refractivity (Wildman–Crippen MR) is 123 cm³/mol. The van der Waals surface area contributed by atoms with Crippen LogP contribution in [0, 0.1) is 0 Å². The molecule has 1 aromatic heterocycles. The molecule has 1 heterocycles. The Labute approximate surface area is 191 Å². The SMILES string of the molecule is CC[C@H](O)C(=O)N(CCO)[C@H]1c2ccccc2C[C@H]1NC(=O)c1cc2cc(Cl)ccc2[nH]1. The van der Waals surface area contributed by atoms with Gasteiger partial charge in [-0.25, -0.2) is 0 Å². The number of fused-ring (bicyclic) bond motifs is 2. The molecule has 2 aromatic carbocycles. The molecule has 0 saturated heterocycles. The van der Waals surface area contributed by atoms with E-state index in [9.17, 15) is 19.8 Å². The van der Waals surface area contributed by atoms with E-state index in [0.29, 0.717) is 17.1 Å². The molecule has 0 unspecified atom stereocenters. The number of amides is 2. The molecule has 7 nitrogen and oxygen atoms in total. The molecule has 1 aliphatic carbocycles. The van der Waals surface area contributed by atoms with Crippen molar-refractivity contribution in [2.45, 2.75) is 38.0 Å². The van der Waals surface area contributed by atoms with Crippen LogP contribution in [0.3, 0.4) is 0 Å². The van der Waals surface area contributed by atoms with E-state index in [2.05, 4.69) is 10.3 Å². The summed E-state index contributed by atoms with van der Waals surface area (Å²) >= 11 is 6.05. The van der Waals surface area contributed by atoms with Gasteiger partial charge < -0.3 is 25.4 Å². The highest BCUT2D eigenvalue weighted by Gasteiger charge is 2.40. The Morgan fingerprint density at radius 3 is 2.78 bits per heavy atom. The van der Waals surface area contributed by atoms with Crippen LogP contribution in [-0.2, 0) is 11.2 Å². The fourth-order valence-electron chi connectivity index (χ4n) is 4.42. The number of nitrogens with zero attached hydrogens (tertiary/aromatic N) is 1. The molecule has 3 atom stereocenters. The molecule has 4 rings (SSSR count). The number of H-pyrrole nitrogens is 1. The second-order valence-corrected chi connectivity index (χ2v) is 8.46. The average molecular weight is 456 g/mol. The number of hydrogen-bond acceptors (Lipinski definition) is 4. The molecular formula is C24H26ClN3O4. The Kier molecular flexibility index (Phi) is 6.50. The number of carbonyl (C=O) groups excluding carboxylic acids is 2. The van der Waals surface area contributed by atoms with Crippen LogP contribution >= 0.6 is 11.6 Å². The van der Waals surface area contributed by atoms with Crippen LogP contribution in [0.4, 0.5) is 0 Å². The summed E-state index contributed by atoms with van der Waals surface area (Å²) in [4.78, 5) is 30.6. The lowest BCUT2D eigenvalue weighted by Crippen LogP contribution is -2.50. The van der Waals surface area contributed by atoms with Crippen LogP contribution in [0.2, 0.25) is 5.02 Å². The van der Waals surface area contributed by atoms with Crippen molar-refractivity contribution in [3.05, 3.63) is 70.4 Å². The number of benzene rings is 2. The molecule has 4 N–H and O–H groups in total. The highest BCUT2D eigenvalue weighted by molar-refractivity contribution is 6.31. The fraction of sp³-hybridized carbons (Fsp3) is 0.333. The van der Waals surface area contributed by atoms with Crippen LogP contribution in [0.5, 0.6) is 0 Å². The van der Waals surface area contributed by atoms with Gasteiger partial charge in [0, 0.05) is 22.5 Å². The second kappa shape index (κ2) is 9.32. The van der Waals surface area contributed by atoms with Crippen molar-refractivity contribution >= 4 is 34.3 Å². The minimum absolute atomic E-state index is 0.0617. The smallest absolute Gasteiger partial charge is 0.268 e. The topological polar surface area (TPSA) is 106 Å². The third-order valence-corrected chi connectivity index (χ3v) is 6.21. The summed E-state index contributed by atoms with van der Waals surface area (Å²) < 4.78 is 0. The quantitative estimate of drug-likeness (QED) is 0.439. The predicted octanol–water partition coefficient (Wildman–Crippen LogP) is 2.81. The van der Waals surface area contributed by atoms with Crippen LogP contribution in [-0.4, -0.2) is 57.2 Å². The molecular weight excluding hydrogens is 430 g/mol. The maximum absolute atomic E-state index is 13.1. The number of aliphatic hydroxyl groups is 2.